The van der Waals surface area contributed by atoms with Crippen LogP contribution in [-0.2, 0) is 11.2 Å². The van der Waals surface area contributed by atoms with Gasteiger partial charge in [-0.25, -0.2) is 0 Å². The summed E-state index contributed by atoms with van der Waals surface area (Å²) in [7, 11) is 0. The van der Waals surface area contributed by atoms with Crippen molar-refractivity contribution >= 4 is 0 Å². The van der Waals surface area contributed by atoms with E-state index >= 15 is 0 Å². The highest BCUT2D eigenvalue weighted by Gasteiger charge is 2.14. The molecular formula is C24H34O2. The van der Waals surface area contributed by atoms with Crippen LogP contribution in [0.1, 0.15) is 59.1 Å². The van der Waals surface area contributed by atoms with E-state index in [1.54, 1.807) is 12.5 Å². The summed E-state index contributed by atoms with van der Waals surface area (Å²) < 4.78 is 10.5. The van der Waals surface area contributed by atoms with Crippen LogP contribution in [0.5, 0.6) is 11.5 Å². The number of ether oxygens (including phenoxy) is 2. The van der Waals surface area contributed by atoms with E-state index in [0.717, 1.165) is 24.3 Å². The first kappa shape index (κ1) is 23.5. The van der Waals surface area contributed by atoms with E-state index in [-0.39, 0.29) is 0 Å². The van der Waals surface area contributed by atoms with Crippen molar-refractivity contribution in [2.24, 2.45) is 0 Å². The normalized spacial score (nSPS) is 11.5. The first-order valence-electron chi connectivity index (χ1n) is 9.72. The Kier molecular flexibility index (Phi) is 14.5. The van der Waals surface area contributed by atoms with Gasteiger partial charge in [-0.1, -0.05) is 77.9 Å². The molecule has 0 N–H and O–H groups in total. The first-order chi connectivity index (χ1) is 12.9. The van der Waals surface area contributed by atoms with Crippen LogP contribution in [0.3, 0.4) is 0 Å². The molecule has 2 heterocycles. The highest BCUT2D eigenvalue weighted by molar-refractivity contribution is 5.49. The third kappa shape index (κ3) is 8.06. The van der Waals surface area contributed by atoms with Gasteiger partial charge in [-0.05, 0) is 41.8 Å². The van der Waals surface area contributed by atoms with E-state index < -0.39 is 0 Å². The Balaban J connectivity index is 0.000000440. The topological polar surface area (TPSA) is 18.5 Å². The molecule has 2 nitrogen and oxygen atoms in total. The van der Waals surface area contributed by atoms with Crippen molar-refractivity contribution < 1.29 is 9.47 Å². The molecule has 2 aromatic rings. The van der Waals surface area contributed by atoms with Crippen molar-refractivity contribution in [3.8, 4) is 11.5 Å². The predicted octanol–water partition coefficient (Wildman–Crippen LogP) is 7.90. The number of allylic oxidation sites excluding steroid dienone is 2. The number of hydrogen-bond donors (Lipinski definition) is 0. The van der Waals surface area contributed by atoms with Crippen LogP contribution in [0.4, 0.5) is 0 Å². The van der Waals surface area contributed by atoms with Crippen molar-refractivity contribution in [2.75, 3.05) is 0 Å². The minimum Gasteiger partial charge on any atom is -0.473 e. The second-order valence-electron chi connectivity index (χ2n) is 4.61. The molecule has 0 saturated heterocycles. The number of rotatable bonds is 0. The maximum absolute atomic E-state index is 5.78. The molecule has 0 fully saturated rings. The monoisotopic (exact) mass is 354 g/mol. The van der Waals surface area contributed by atoms with Gasteiger partial charge in [-0.2, -0.15) is 0 Å². The number of hydrogen-bond acceptors (Lipinski definition) is 2. The van der Waals surface area contributed by atoms with Crippen molar-refractivity contribution in [2.45, 2.75) is 54.4 Å². The van der Waals surface area contributed by atoms with Gasteiger partial charge in [0.1, 0.15) is 11.5 Å². The van der Waals surface area contributed by atoms with Crippen molar-refractivity contribution in [3.63, 3.8) is 0 Å². The van der Waals surface area contributed by atoms with Crippen molar-refractivity contribution in [3.05, 3.63) is 84.3 Å². The Labute approximate surface area is 160 Å². The lowest BCUT2D eigenvalue weighted by Crippen LogP contribution is -2.01. The summed E-state index contributed by atoms with van der Waals surface area (Å²) in [5, 5.41) is 0. The fourth-order valence-electron chi connectivity index (χ4n) is 2.17. The summed E-state index contributed by atoms with van der Waals surface area (Å²) in [4.78, 5) is 0. The third-order valence-corrected chi connectivity index (χ3v) is 3.17. The molecule has 0 unspecified atom stereocenters. The van der Waals surface area contributed by atoms with Crippen LogP contribution in [-0.4, -0.2) is 0 Å². The summed E-state index contributed by atoms with van der Waals surface area (Å²) in [5.41, 5.74) is 2.54. The Hall–Kier alpha value is -2.48. The molecule has 2 aliphatic heterocycles. The van der Waals surface area contributed by atoms with Crippen molar-refractivity contribution in [1.82, 2.24) is 0 Å². The van der Waals surface area contributed by atoms with Gasteiger partial charge in [0.15, 0.2) is 0 Å². The van der Waals surface area contributed by atoms with Crippen molar-refractivity contribution in [1.29, 1.82) is 0 Å². The van der Waals surface area contributed by atoms with E-state index in [2.05, 4.69) is 24.3 Å². The fourth-order valence-corrected chi connectivity index (χ4v) is 2.17. The van der Waals surface area contributed by atoms with Crippen LogP contribution in [0, 0.1) is 0 Å². The number of benzene rings is 2. The average molecular weight is 355 g/mol. The van der Waals surface area contributed by atoms with Gasteiger partial charge in [0.2, 0.25) is 0 Å². The summed E-state index contributed by atoms with van der Waals surface area (Å²) >= 11 is 0. The largest absolute Gasteiger partial charge is 0.473 e. The van der Waals surface area contributed by atoms with E-state index in [4.69, 9.17) is 9.47 Å². The molecule has 26 heavy (non-hydrogen) atoms. The van der Waals surface area contributed by atoms with E-state index in [9.17, 15) is 0 Å². The Morgan fingerprint density at radius 3 is 1.38 bits per heavy atom. The lowest BCUT2D eigenvalue weighted by atomic mass is 10.0. The van der Waals surface area contributed by atoms with Crippen LogP contribution >= 0.6 is 0 Å². The fraction of sp³-hybridized carbons (Fsp3) is 0.333. The van der Waals surface area contributed by atoms with E-state index in [0.29, 0.717) is 0 Å². The summed E-state index contributed by atoms with van der Waals surface area (Å²) in [5.74, 6) is 1.98. The summed E-state index contributed by atoms with van der Waals surface area (Å²) in [6, 6.07) is 16.4. The SMILES string of the molecule is C1=COC=CC1.CC.CC.CC.c1ccc2c(c1)Cc1ccccc1O2. The molecule has 0 atom stereocenters. The van der Waals surface area contributed by atoms with Gasteiger partial charge in [0.05, 0.1) is 12.5 Å². The maximum Gasteiger partial charge on any atom is 0.130 e. The molecule has 0 radical (unpaired) electrons. The molecule has 0 aliphatic carbocycles. The highest BCUT2D eigenvalue weighted by atomic mass is 16.5. The van der Waals surface area contributed by atoms with Crippen LogP contribution in [0.2, 0.25) is 0 Å². The van der Waals surface area contributed by atoms with Crippen LogP contribution in [0.15, 0.2) is 73.2 Å². The van der Waals surface area contributed by atoms with Gasteiger partial charge in [0.25, 0.3) is 0 Å². The minimum atomic E-state index is 0.979. The summed E-state index contributed by atoms with van der Waals surface area (Å²) in [6.07, 6.45) is 9.27. The molecule has 2 aromatic carbocycles. The molecule has 0 amide bonds. The molecule has 0 saturated carbocycles. The zero-order valence-corrected chi connectivity index (χ0v) is 17.2. The number of fused-ring (bicyclic) bond motifs is 2. The predicted molar refractivity (Wildman–Crippen MR) is 114 cm³/mol. The molecule has 0 aromatic heterocycles. The lowest BCUT2D eigenvalue weighted by Gasteiger charge is -2.19. The Morgan fingerprint density at radius 1 is 0.615 bits per heavy atom. The van der Waals surface area contributed by atoms with Gasteiger partial charge < -0.3 is 9.47 Å². The van der Waals surface area contributed by atoms with E-state index in [1.165, 1.54) is 11.1 Å². The Bertz CT molecular complexity index is 535. The quantitative estimate of drug-likeness (QED) is 0.408. The zero-order chi connectivity index (χ0) is 19.6. The second kappa shape index (κ2) is 16.0. The first-order valence-corrected chi connectivity index (χ1v) is 9.72. The molecular weight excluding hydrogens is 320 g/mol. The minimum absolute atomic E-state index is 0.979. The van der Waals surface area contributed by atoms with Gasteiger partial charge in [-0.15, -0.1) is 0 Å². The van der Waals surface area contributed by atoms with Gasteiger partial charge >= 0.3 is 0 Å². The Morgan fingerprint density at radius 2 is 1.04 bits per heavy atom. The van der Waals surface area contributed by atoms with Crippen LogP contribution in [0.25, 0.3) is 0 Å². The maximum atomic E-state index is 5.78. The molecule has 4 rings (SSSR count). The lowest BCUT2D eigenvalue weighted by molar-refractivity contribution is 0.393. The molecule has 2 aliphatic rings. The zero-order valence-electron chi connectivity index (χ0n) is 17.2. The van der Waals surface area contributed by atoms with Gasteiger partial charge in [-0.3, -0.25) is 0 Å². The molecule has 142 valence electrons. The van der Waals surface area contributed by atoms with E-state index in [1.807, 2.05) is 78.0 Å². The smallest absolute Gasteiger partial charge is 0.130 e. The molecule has 0 spiro atoms. The second-order valence-corrected chi connectivity index (χ2v) is 4.61. The number of para-hydroxylation sites is 2. The molecule has 2 heteroatoms. The summed E-state index contributed by atoms with van der Waals surface area (Å²) in [6.45, 7) is 12.0. The highest BCUT2D eigenvalue weighted by Crippen LogP contribution is 2.35. The molecule has 0 bridgehead atoms. The standard InChI is InChI=1S/C13H10O.C5H6O.3C2H6/c1-3-7-12-10(5-1)9-11-6-2-4-8-13(11)14-12;1-2-4-6-5-3-1;3*1-2/h1-8H,9H2;2-5H,1H2;3*1-2H3. The third-order valence-electron chi connectivity index (χ3n) is 3.17. The van der Waals surface area contributed by atoms with Gasteiger partial charge in [0, 0.05) is 6.42 Å². The average Bonchev–Trinajstić information content (AvgIpc) is 2.78. The van der Waals surface area contributed by atoms with Crippen LogP contribution < -0.4 is 4.74 Å².